The highest BCUT2D eigenvalue weighted by Gasteiger charge is 2.33. The van der Waals surface area contributed by atoms with E-state index in [0.29, 0.717) is 53.2 Å². The molecule has 0 aliphatic heterocycles. The van der Waals surface area contributed by atoms with E-state index in [4.69, 9.17) is 22.3 Å². The van der Waals surface area contributed by atoms with Crippen molar-refractivity contribution >= 4 is 17.5 Å². The van der Waals surface area contributed by atoms with Crippen molar-refractivity contribution in [3.05, 3.63) is 98.6 Å². The highest BCUT2D eigenvalue weighted by molar-refractivity contribution is 6.21. The van der Waals surface area contributed by atoms with Crippen LogP contribution in [0.25, 0.3) is 0 Å². The first kappa shape index (κ1) is 23.9. The summed E-state index contributed by atoms with van der Waals surface area (Å²) in [6, 6.07) is 12.2. The third-order valence-electron chi connectivity index (χ3n) is 6.19. The minimum Gasteiger partial charge on any atom is -0.619 e. The Morgan fingerprint density at radius 1 is 1.29 bits per heavy atom. The molecule has 1 aromatic carbocycles. The zero-order valence-electron chi connectivity index (χ0n) is 19.1. The number of fused-ring (bicyclic) bond motifs is 1. The van der Waals surface area contributed by atoms with Gasteiger partial charge in [-0.15, -0.1) is 11.6 Å². The van der Waals surface area contributed by atoms with E-state index in [2.05, 4.69) is 0 Å². The maximum absolute atomic E-state index is 13.6. The molecule has 4 rings (SSSR count). The number of alkyl halides is 1. The smallest absolute Gasteiger partial charge is 0.257 e. The van der Waals surface area contributed by atoms with Gasteiger partial charge in [-0.25, -0.2) is 4.98 Å². The zero-order chi connectivity index (χ0) is 24.2. The molecule has 1 aliphatic rings. The quantitative estimate of drug-likeness (QED) is 0.302. The number of nitrogens with zero attached hydrogens (tertiary/aromatic N) is 4. The monoisotopic (exact) mass is 481 g/mol. The summed E-state index contributed by atoms with van der Waals surface area (Å²) in [7, 11) is 0. The second-order valence-corrected chi connectivity index (χ2v) is 8.90. The summed E-state index contributed by atoms with van der Waals surface area (Å²) in [4.78, 5) is 33.6. The lowest BCUT2D eigenvalue weighted by molar-refractivity contribution is -0.605. The van der Waals surface area contributed by atoms with E-state index in [9.17, 15) is 14.8 Å². The molecule has 34 heavy (non-hydrogen) atoms. The van der Waals surface area contributed by atoms with E-state index in [-0.39, 0.29) is 29.9 Å². The van der Waals surface area contributed by atoms with E-state index >= 15 is 0 Å². The number of carbonyl (C=O) groups is 1. The molecule has 2 heterocycles. The molecule has 2 N–H and O–H groups in total. The fraction of sp³-hybridized carbons (Fsp3) is 0.360. The number of hydrogen-bond donors (Lipinski definition) is 1. The average Bonchev–Trinajstić information content (AvgIpc) is 3.22. The minimum absolute atomic E-state index is 0.113. The lowest BCUT2D eigenvalue weighted by Crippen LogP contribution is -2.42. The first-order valence-electron chi connectivity index (χ1n) is 11.5. The maximum Gasteiger partial charge on any atom is 0.257 e. The molecule has 0 saturated heterocycles. The first-order chi connectivity index (χ1) is 16.4. The van der Waals surface area contributed by atoms with Gasteiger partial charge in [0, 0.05) is 30.8 Å². The summed E-state index contributed by atoms with van der Waals surface area (Å²) < 4.78 is 2.30. The van der Waals surface area contributed by atoms with Gasteiger partial charge >= 0.3 is 0 Å². The number of pyridine rings is 1. The van der Waals surface area contributed by atoms with E-state index < -0.39 is 6.04 Å². The van der Waals surface area contributed by atoms with Crippen LogP contribution in [-0.4, -0.2) is 33.4 Å². The largest absolute Gasteiger partial charge is 0.619 e. The van der Waals surface area contributed by atoms with Crippen molar-refractivity contribution in [1.82, 2.24) is 14.5 Å². The van der Waals surface area contributed by atoms with Crippen molar-refractivity contribution < 1.29 is 9.52 Å². The van der Waals surface area contributed by atoms with Gasteiger partial charge in [-0.1, -0.05) is 37.3 Å². The number of halogens is 1. The minimum atomic E-state index is -0.498. The molecule has 2 aromatic heterocycles. The van der Waals surface area contributed by atoms with Gasteiger partial charge in [0.15, 0.2) is 12.4 Å². The highest BCUT2D eigenvalue weighted by atomic mass is 35.5. The molecule has 0 spiro atoms. The predicted octanol–water partition coefficient (Wildman–Crippen LogP) is 2.70. The summed E-state index contributed by atoms with van der Waals surface area (Å²) in [5.41, 5.74) is 8.36. The number of benzene rings is 1. The second-order valence-electron chi connectivity index (χ2n) is 8.37. The second kappa shape index (κ2) is 10.4. The molecule has 9 heteroatoms. The number of hydrogen-bond acceptors (Lipinski definition) is 5. The van der Waals surface area contributed by atoms with Crippen molar-refractivity contribution in [2.45, 2.75) is 44.1 Å². The molecule has 3 aromatic rings. The molecule has 0 fully saturated rings. The topological polar surface area (TPSA) is 108 Å². The molecular formula is C25H28ClN5O3. The first-order valence-corrected chi connectivity index (χ1v) is 11.9. The lowest BCUT2D eigenvalue weighted by Gasteiger charge is -2.32. The van der Waals surface area contributed by atoms with Crippen LogP contribution in [0.2, 0.25) is 0 Å². The van der Waals surface area contributed by atoms with Crippen molar-refractivity contribution in [2.75, 3.05) is 13.1 Å². The van der Waals surface area contributed by atoms with Crippen LogP contribution in [0.3, 0.4) is 0 Å². The molecule has 0 bridgehead atoms. The molecule has 178 valence electrons. The van der Waals surface area contributed by atoms with Crippen LogP contribution in [0, 0.1) is 5.21 Å². The SMILES string of the molecule is CCC(c1nc2c(c(=O)n1Cc1ccccc1)CCC2Cl)N(CCN)C(=O)c1cc[n+]([O-])cc1. The average molecular weight is 482 g/mol. The Labute approximate surface area is 203 Å². The van der Waals surface area contributed by atoms with Gasteiger partial charge in [-0.05, 0) is 24.8 Å². The van der Waals surface area contributed by atoms with Crippen molar-refractivity contribution in [2.24, 2.45) is 5.73 Å². The fourth-order valence-electron chi connectivity index (χ4n) is 4.50. The van der Waals surface area contributed by atoms with E-state index in [1.54, 1.807) is 9.47 Å². The van der Waals surface area contributed by atoms with Gasteiger partial charge in [0.2, 0.25) is 0 Å². The van der Waals surface area contributed by atoms with Crippen LogP contribution in [0.5, 0.6) is 0 Å². The summed E-state index contributed by atoms with van der Waals surface area (Å²) in [6.07, 6.45) is 4.34. The fourth-order valence-corrected chi connectivity index (χ4v) is 4.79. The third kappa shape index (κ3) is 4.69. The summed E-state index contributed by atoms with van der Waals surface area (Å²) in [6.45, 7) is 2.79. The third-order valence-corrected chi connectivity index (χ3v) is 6.62. The number of amides is 1. The zero-order valence-corrected chi connectivity index (χ0v) is 19.8. The molecule has 1 aliphatic carbocycles. The summed E-state index contributed by atoms with van der Waals surface area (Å²) in [5, 5.41) is 11.1. The van der Waals surface area contributed by atoms with Gasteiger partial charge < -0.3 is 15.8 Å². The van der Waals surface area contributed by atoms with Gasteiger partial charge in [0.1, 0.15) is 5.82 Å². The predicted molar refractivity (Wildman–Crippen MR) is 129 cm³/mol. The summed E-state index contributed by atoms with van der Waals surface area (Å²) in [5.74, 6) is 0.223. The van der Waals surface area contributed by atoms with Gasteiger partial charge in [0.05, 0.1) is 29.2 Å². The summed E-state index contributed by atoms with van der Waals surface area (Å²) >= 11 is 6.52. The Bertz CT molecular complexity index is 1210. The normalized spacial score (nSPS) is 15.7. The Kier molecular flexibility index (Phi) is 7.29. The van der Waals surface area contributed by atoms with Crippen LogP contribution >= 0.6 is 11.6 Å². The van der Waals surface area contributed by atoms with Crippen LogP contribution in [0.4, 0.5) is 0 Å². The van der Waals surface area contributed by atoms with Gasteiger partial charge in [-0.3, -0.25) is 14.2 Å². The maximum atomic E-state index is 13.6. The standard InChI is InChI=1S/C25H28ClN5O3/c1-2-21(30(15-12-27)24(32)18-10-13-29(34)14-11-18)23-28-22-19(8-9-20(22)26)25(33)31(23)16-17-6-4-3-5-7-17/h3-7,10-11,13-14,20-21H,2,8-9,12,15-16,27H2,1H3. The van der Waals surface area contributed by atoms with Gasteiger partial charge in [0.25, 0.3) is 11.5 Å². The molecular weight excluding hydrogens is 454 g/mol. The van der Waals surface area contributed by atoms with E-state index in [0.717, 1.165) is 5.56 Å². The number of carbonyl (C=O) groups excluding carboxylic acids is 1. The van der Waals surface area contributed by atoms with Crippen molar-refractivity contribution in [3.8, 4) is 0 Å². The van der Waals surface area contributed by atoms with Crippen molar-refractivity contribution in [1.29, 1.82) is 0 Å². The Hall–Kier alpha value is -3.23. The number of aromatic nitrogens is 3. The van der Waals surface area contributed by atoms with Gasteiger partial charge in [-0.2, -0.15) is 4.73 Å². The number of nitrogens with two attached hydrogens (primary N) is 1. The Morgan fingerprint density at radius 3 is 2.65 bits per heavy atom. The molecule has 1 amide bonds. The number of rotatable bonds is 8. The van der Waals surface area contributed by atoms with E-state index in [1.807, 2.05) is 37.3 Å². The molecule has 2 atom stereocenters. The Balaban J connectivity index is 1.84. The molecule has 0 radical (unpaired) electrons. The van der Waals surface area contributed by atoms with Crippen LogP contribution in [-0.2, 0) is 13.0 Å². The van der Waals surface area contributed by atoms with Crippen LogP contribution < -0.4 is 16.0 Å². The molecule has 2 unspecified atom stereocenters. The highest BCUT2D eigenvalue weighted by Crippen LogP contribution is 2.35. The van der Waals surface area contributed by atoms with Crippen molar-refractivity contribution in [3.63, 3.8) is 0 Å². The molecule has 0 saturated carbocycles. The van der Waals surface area contributed by atoms with Crippen LogP contribution in [0.1, 0.15) is 64.2 Å². The Morgan fingerprint density at radius 2 is 2.00 bits per heavy atom. The molecule has 8 nitrogen and oxygen atoms in total. The lowest BCUT2D eigenvalue weighted by atomic mass is 10.1. The van der Waals surface area contributed by atoms with E-state index in [1.165, 1.54) is 24.5 Å². The van der Waals surface area contributed by atoms with Crippen LogP contribution in [0.15, 0.2) is 59.7 Å².